The van der Waals surface area contributed by atoms with Crippen LogP contribution in [0.2, 0.25) is 0 Å². The molecule has 2 aromatic rings. The van der Waals surface area contributed by atoms with Crippen LogP contribution in [0.15, 0.2) is 48.5 Å². The Morgan fingerprint density at radius 1 is 1.17 bits per heavy atom. The zero-order chi connectivity index (χ0) is 17.5. The van der Waals surface area contributed by atoms with Crippen LogP contribution >= 0.6 is 0 Å². The predicted octanol–water partition coefficient (Wildman–Crippen LogP) is 3.15. The van der Waals surface area contributed by atoms with Crippen LogP contribution in [0.5, 0.6) is 5.75 Å². The smallest absolute Gasteiger partial charge is 0.255 e. The molecular formula is C19H22FNO3. The van der Waals surface area contributed by atoms with Crippen LogP contribution in [0.25, 0.3) is 0 Å². The van der Waals surface area contributed by atoms with Crippen molar-refractivity contribution in [2.75, 3.05) is 6.61 Å². The highest BCUT2D eigenvalue weighted by Gasteiger charge is 2.17. The van der Waals surface area contributed by atoms with E-state index in [2.05, 4.69) is 5.32 Å². The zero-order valence-corrected chi connectivity index (χ0v) is 13.8. The van der Waals surface area contributed by atoms with Gasteiger partial charge in [0.2, 0.25) is 0 Å². The maximum atomic E-state index is 12.9. The minimum atomic E-state index is -0.300. The first-order valence-electron chi connectivity index (χ1n) is 7.89. The number of aliphatic hydroxyl groups excluding tert-OH is 1. The number of nitrogens with one attached hydrogen (secondary N) is 1. The fourth-order valence-electron chi connectivity index (χ4n) is 2.11. The molecule has 0 fully saturated rings. The molecule has 0 saturated carbocycles. The van der Waals surface area contributed by atoms with E-state index >= 15 is 0 Å². The first-order valence-corrected chi connectivity index (χ1v) is 7.89. The number of amides is 1. The predicted molar refractivity (Wildman–Crippen MR) is 90.4 cm³/mol. The monoisotopic (exact) mass is 331 g/mol. The minimum Gasteiger partial charge on any atom is -0.488 e. The topological polar surface area (TPSA) is 58.6 Å². The molecule has 0 heterocycles. The Labute approximate surface area is 141 Å². The molecule has 24 heavy (non-hydrogen) atoms. The average Bonchev–Trinajstić information content (AvgIpc) is 2.60. The highest BCUT2D eigenvalue weighted by molar-refractivity contribution is 5.97. The van der Waals surface area contributed by atoms with Crippen LogP contribution in [-0.4, -0.2) is 23.7 Å². The Bertz CT molecular complexity index is 673. The number of halogens is 1. The third kappa shape index (κ3) is 4.80. The van der Waals surface area contributed by atoms with Crippen molar-refractivity contribution in [1.29, 1.82) is 0 Å². The van der Waals surface area contributed by atoms with E-state index in [4.69, 9.17) is 4.74 Å². The van der Waals surface area contributed by atoms with Crippen LogP contribution in [0, 0.1) is 11.7 Å². The van der Waals surface area contributed by atoms with E-state index in [0.29, 0.717) is 11.3 Å². The lowest BCUT2D eigenvalue weighted by Crippen LogP contribution is -2.38. The van der Waals surface area contributed by atoms with E-state index in [9.17, 15) is 14.3 Å². The Hall–Kier alpha value is -2.40. The summed E-state index contributed by atoms with van der Waals surface area (Å²) in [5.74, 6) is -0.132. The molecule has 0 aliphatic rings. The molecule has 0 spiro atoms. The number of benzene rings is 2. The van der Waals surface area contributed by atoms with Gasteiger partial charge in [-0.15, -0.1) is 0 Å². The van der Waals surface area contributed by atoms with Gasteiger partial charge in [0.25, 0.3) is 5.91 Å². The van der Waals surface area contributed by atoms with Crippen molar-refractivity contribution in [1.82, 2.24) is 5.32 Å². The lowest BCUT2D eigenvalue weighted by Gasteiger charge is -2.20. The second kappa shape index (κ2) is 8.45. The summed E-state index contributed by atoms with van der Waals surface area (Å²) >= 11 is 0. The van der Waals surface area contributed by atoms with Crippen molar-refractivity contribution >= 4 is 5.91 Å². The van der Waals surface area contributed by atoms with Gasteiger partial charge in [-0.1, -0.05) is 31.2 Å². The Morgan fingerprint density at radius 3 is 2.50 bits per heavy atom. The Morgan fingerprint density at radius 2 is 1.83 bits per heavy atom. The molecule has 1 amide bonds. The van der Waals surface area contributed by atoms with Gasteiger partial charge in [-0.3, -0.25) is 4.79 Å². The Kier molecular flexibility index (Phi) is 6.32. The molecule has 0 saturated heterocycles. The molecule has 0 radical (unpaired) electrons. The second-order valence-corrected chi connectivity index (χ2v) is 5.83. The van der Waals surface area contributed by atoms with Crippen LogP contribution in [0.4, 0.5) is 4.39 Å². The third-order valence-electron chi connectivity index (χ3n) is 3.94. The van der Waals surface area contributed by atoms with Gasteiger partial charge in [-0.2, -0.15) is 0 Å². The van der Waals surface area contributed by atoms with Gasteiger partial charge in [0, 0.05) is 12.6 Å². The largest absolute Gasteiger partial charge is 0.488 e. The summed E-state index contributed by atoms with van der Waals surface area (Å²) in [6.07, 6.45) is 0. The lowest BCUT2D eigenvalue weighted by molar-refractivity contribution is 0.0912. The van der Waals surface area contributed by atoms with Crippen molar-refractivity contribution in [2.45, 2.75) is 26.5 Å². The highest BCUT2D eigenvalue weighted by atomic mass is 19.1. The second-order valence-electron chi connectivity index (χ2n) is 5.83. The van der Waals surface area contributed by atoms with Crippen LogP contribution < -0.4 is 10.1 Å². The first kappa shape index (κ1) is 17.9. The number of hydrogen-bond acceptors (Lipinski definition) is 3. The molecule has 0 aliphatic carbocycles. The molecule has 0 bridgehead atoms. The number of para-hydroxylation sites is 1. The van der Waals surface area contributed by atoms with Crippen LogP contribution in [-0.2, 0) is 6.61 Å². The van der Waals surface area contributed by atoms with Crippen molar-refractivity contribution in [3.8, 4) is 5.75 Å². The lowest BCUT2D eigenvalue weighted by atomic mass is 10.0. The maximum Gasteiger partial charge on any atom is 0.255 e. The van der Waals surface area contributed by atoms with E-state index in [1.165, 1.54) is 12.1 Å². The summed E-state index contributed by atoms with van der Waals surface area (Å²) in [7, 11) is 0. The molecule has 2 N–H and O–H groups in total. The third-order valence-corrected chi connectivity index (χ3v) is 3.94. The summed E-state index contributed by atoms with van der Waals surface area (Å²) in [5.41, 5.74) is 1.24. The summed E-state index contributed by atoms with van der Waals surface area (Å²) < 4.78 is 18.6. The van der Waals surface area contributed by atoms with E-state index in [-0.39, 0.29) is 36.9 Å². The summed E-state index contributed by atoms with van der Waals surface area (Å²) in [6.45, 7) is 3.96. The van der Waals surface area contributed by atoms with E-state index < -0.39 is 0 Å². The minimum absolute atomic E-state index is 0.00413. The molecule has 2 unspecified atom stereocenters. The zero-order valence-electron chi connectivity index (χ0n) is 13.8. The highest BCUT2D eigenvalue weighted by Crippen LogP contribution is 2.20. The molecule has 2 rings (SSSR count). The number of carbonyl (C=O) groups excluding carboxylic acids is 1. The van der Waals surface area contributed by atoms with Gasteiger partial charge < -0.3 is 15.2 Å². The van der Waals surface area contributed by atoms with Gasteiger partial charge in [0.15, 0.2) is 0 Å². The number of aliphatic hydroxyl groups is 1. The fourth-order valence-corrected chi connectivity index (χ4v) is 2.11. The molecule has 128 valence electrons. The van der Waals surface area contributed by atoms with Gasteiger partial charge in [-0.05, 0) is 42.7 Å². The summed E-state index contributed by atoms with van der Waals surface area (Å²) in [6, 6.07) is 12.8. The number of carbonyl (C=O) groups is 1. The Balaban J connectivity index is 2.06. The fraction of sp³-hybridized carbons (Fsp3) is 0.316. The van der Waals surface area contributed by atoms with Crippen molar-refractivity contribution in [2.24, 2.45) is 5.92 Å². The van der Waals surface area contributed by atoms with E-state index in [0.717, 1.165) is 5.56 Å². The van der Waals surface area contributed by atoms with E-state index in [1.54, 1.807) is 36.4 Å². The number of rotatable bonds is 7. The van der Waals surface area contributed by atoms with Crippen molar-refractivity contribution < 1.29 is 19.0 Å². The standard InChI is InChI=1S/C19H22FNO3/c1-13(11-22)14(2)21-19(23)17-5-3-4-6-18(17)24-12-15-7-9-16(20)10-8-15/h3-10,13-14,22H,11-12H2,1-2H3,(H,21,23). The van der Waals surface area contributed by atoms with Crippen LogP contribution in [0.1, 0.15) is 29.8 Å². The quantitative estimate of drug-likeness (QED) is 0.819. The van der Waals surface area contributed by atoms with Crippen molar-refractivity contribution in [3.63, 3.8) is 0 Å². The van der Waals surface area contributed by atoms with Gasteiger partial charge >= 0.3 is 0 Å². The molecule has 5 heteroatoms. The summed E-state index contributed by atoms with van der Waals surface area (Å²) in [4.78, 5) is 12.4. The molecular weight excluding hydrogens is 309 g/mol. The van der Waals surface area contributed by atoms with E-state index in [1.807, 2.05) is 13.8 Å². The average molecular weight is 331 g/mol. The maximum absolute atomic E-state index is 12.9. The van der Waals surface area contributed by atoms with Gasteiger partial charge in [0.05, 0.1) is 5.56 Å². The molecule has 2 aromatic carbocycles. The SMILES string of the molecule is CC(CO)C(C)NC(=O)c1ccccc1OCc1ccc(F)cc1. The number of hydrogen-bond donors (Lipinski definition) is 2. The molecule has 0 aromatic heterocycles. The molecule has 0 aliphatic heterocycles. The summed E-state index contributed by atoms with van der Waals surface area (Å²) in [5, 5.41) is 12.0. The molecule has 2 atom stereocenters. The number of ether oxygens (including phenoxy) is 1. The van der Waals surface area contributed by atoms with Crippen molar-refractivity contribution in [3.05, 3.63) is 65.5 Å². The normalized spacial score (nSPS) is 13.2. The first-order chi connectivity index (χ1) is 11.5. The van der Waals surface area contributed by atoms with Crippen LogP contribution in [0.3, 0.4) is 0 Å². The van der Waals surface area contributed by atoms with Gasteiger partial charge in [-0.25, -0.2) is 4.39 Å². The molecule has 4 nitrogen and oxygen atoms in total. The van der Waals surface area contributed by atoms with Gasteiger partial charge in [0.1, 0.15) is 18.2 Å².